The Hall–Kier alpha value is -3.08. The van der Waals surface area contributed by atoms with Gasteiger partial charge in [0.25, 0.3) is 0 Å². The molecule has 2 aromatic carbocycles. The number of carbonyl (C=O) groups is 1. The van der Waals surface area contributed by atoms with E-state index in [1.54, 1.807) is 24.5 Å². The van der Waals surface area contributed by atoms with E-state index in [2.05, 4.69) is 41.2 Å². The molecule has 0 aliphatic carbocycles. The van der Waals surface area contributed by atoms with E-state index in [1.807, 2.05) is 19.1 Å². The van der Waals surface area contributed by atoms with Crippen molar-refractivity contribution in [2.75, 3.05) is 0 Å². The molecule has 0 bridgehead atoms. The van der Waals surface area contributed by atoms with Gasteiger partial charge in [-0.2, -0.15) is 0 Å². The minimum absolute atomic E-state index is 0.170. The lowest BCUT2D eigenvalue weighted by molar-refractivity contribution is -0.147. The number of benzene rings is 2. The molecule has 5 heteroatoms. The van der Waals surface area contributed by atoms with Crippen LogP contribution in [-0.2, 0) is 11.2 Å². The molecule has 3 rings (SSSR count). The van der Waals surface area contributed by atoms with Crippen molar-refractivity contribution in [2.45, 2.75) is 103 Å². The van der Waals surface area contributed by atoms with Crippen LogP contribution < -0.4 is 4.74 Å². The van der Waals surface area contributed by atoms with Gasteiger partial charge in [-0.1, -0.05) is 102 Å². The molecule has 0 saturated carbocycles. The van der Waals surface area contributed by atoms with E-state index in [0.717, 1.165) is 36.0 Å². The van der Waals surface area contributed by atoms with Crippen molar-refractivity contribution in [1.82, 2.24) is 9.97 Å². The maximum absolute atomic E-state index is 14.7. The van der Waals surface area contributed by atoms with E-state index in [4.69, 9.17) is 4.74 Å². The number of rotatable bonds is 16. The Kier molecular flexibility index (Phi) is 11.9. The zero-order valence-corrected chi connectivity index (χ0v) is 23.3. The number of alkyl halides is 1. The number of unbranched alkanes of at least 4 members (excludes halogenated alkanes) is 8. The Morgan fingerprint density at radius 1 is 0.737 bits per heavy atom. The lowest BCUT2D eigenvalue weighted by atomic mass is 10.0. The molecule has 0 N–H and O–H groups in total. The molecule has 4 nitrogen and oxygen atoms in total. The predicted octanol–water partition coefficient (Wildman–Crippen LogP) is 9.32. The number of carbonyl (C=O) groups excluding carboxylic acids is 1. The molecule has 0 fully saturated rings. The third-order valence-corrected chi connectivity index (χ3v) is 7.01. The van der Waals surface area contributed by atoms with Crippen LogP contribution in [0.15, 0.2) is 60.9 Å². The summed E-state index contributed by atoms with van der Waals surface area (Å²) in [6, 6.07) is 15.5. The van der Waals surface area contributed by atoms with Crippen LogP contribution in [0.3, 0.4) is 0 Å². The zero-order valence-electron chi connectivity index (χ0n) is 23.3. The van der Waals surface area contributed by atoms with E-state index in [0.29, 0.717) is 18.0 Å². The minimum atomic E-state index is -1.98. The molecule has 1 atom stereocenters. The van der Waals surface area contributed by atoms with Gasteiger partial charge in [-0.05, 0) is 55.9 Å². The Morgan fingerprint density at radius 2 is 1.29 bits per heavy atom. The highest BCUT2D eigenvalue weighted by Crippen LogP contribution is 2.26. The van der Waals surface area contributed by atoms with Gasteiger partial charge in [-0.3, -0.25) is 0 Å². The van der Waals surface area contributed by atoms with Crippen LogP contribution in [-0.4, -0.2) is 21.6 Å². The van der Waals surface area contributed by atoms with E-state index >= 15 is 0 Å². The van der Waals surface area contributed by atoms with Crippen LogP contribution in [0.2, 0.25) is 0 Å². The average Bonchev–Trinajstić information content (AvgIpc) is 2.93. The summed E-state index contributed by atoms with van der Waals surface area (Å²) in [6.45, 7) is 5.59. The molecule has 0 saturated heterocycles. The summed E-state index contributed by atoms with van der Waals surface area (Å²) in [5, 5.41) is 0. The summed E-state index contributed by atoms with van der Waals surface area (Å²) in [4.78, 5) is 21.4. The summed E-state index contributed by atoms with van der Waals surface area (Å²) in [6.07, 6.45) is 16.7. The predicted molar refractivity (Wildman–Crippen MR) is 154 cm³/mol. The third-order valence-electron chi connectivity index (χ3n) is 7.01. The van der Waals surface area contributed by atoms with Crippen molar-refractivity contribution >= 4 is 5.97 Å². The van der Waals surface area contributed by atoms with Gasteiger partial charge in [0.15, 0.2) is 5.82 Å². The molecular formula is C33H43FN2O2. The number of esters is 1. The van der Waals surface area contributed by atoms with Crippen LogP contribution >= 0.6 is 0 Å². The Morgan fingerprint density at radius 3 is 1.92 bits per heavy atom. The van der Waals surface area contributed by atoms with E-state index in [-0.39, 0.29) is 6.42 Å². The first-order valence-electron chi connectivity index (χ1n) is 14.4. The van der Waals surface area contributed by atoms with Crippen molar-refractivity contribution in [3.8, 4) is 28.3 Å². The van der Waals surface area contributed by atoms with Crippen LogP contribution in [0, 0.1) is 0 Å². The number of aromatic nitrogens is 2. The zero-order chi connectivity index (χ0) is 27.2. The van der Waals surface area contributed by atoms with Crippen molar-refractivity contribution in [1.29, 1.82) is 0 Å². The standard InChI is InChI=1S/C33H43FN2O2/c1-4-6-8-9-10-11-12-14-26-15-17-28(18-16-26)31-35-24-29(25-36-31)27-19-21-30(22-20-27)38-32(37)33(3,34)23-13-7-5-2/h15-22,24-25H,4-14,23H2,1-3H3. The molecule has 204 valence electrons. The second-order valence-electron chi connectivity index (χ2n) is 10.4. The van der Waals surface area contributed by atoms with E-state index in [9.17, 15) is 9.18 Å². The first kappa shape index (κ1) is 29.5. The van der Waals surface area contributed by atoms with E-state index in [1.165, 1.54) is 57.4 Å². The number of halogens is 1. The van der Waals surface area contributed by atoms with E-state index < -0.39 is 11.6 Å². The maximum Gasteiger partial charge on any atom is 0.348 e. The van der Waals surface area contributed by atoms with Crippen molar-refractivity contribution in [3.05, 3.63) is 66.5 Å². The fourth-order valence-corrected chi connectivity index (χ4v) is 4.47. The van der Waals surface area contributed by atoms with Crippen LogP contribution in [0.1, 0.15) is 97.0 Å². The summed E-state index contributed by atoms with van der Waals surface area (Å²) in [5.41, 5.74) is 2.12. The van der Waals surface area contributed by atoms with Crippen molar-refractivity contribution in [3.63, 3.8) is 0 Å². The Labute approximate surface area is 228 Å². The molecule has 38 heavy (non-hydrogen) atoms. The van der Waals surface area contributed by atoms with Gasteiger partial charge >= 0.3 is 5.97 Å². The summed E-state index contributed by atoms with van der Waals surface area (Å²) >= 11 is 0. The largest absolute Gasteiger partial charge is 0.424 e. The smallest absolute Gasteiger partial charge is 0.348 e. The van der Waals surface area contributed by atoms with Crippen LogP contribution in [0.25, 0.3) is 22.5 Å². The quantitative estimate of drug-likeness (QED) is 0.108. The average molecular weight is 519 g/mol. The highest BCUT2D eigenvalue weighted by atomic mass is 19.1. The van der Waals surface area contributed by atoms with Gasteiger partial charge in [-0.15, -0.1) is 0 Å². The summed E-state index contributed by atoms with van der Waals surface area (Å²) in [7, 11) is 0. The highest BCUT2D eigenvalue weighted by Gasteiger charge is 2.34. The van der Waals surface area contributed by atoms with Gasteiger partial charge in [0.2, 0.25) is 5.67 Å². The van der Waals surface area contributed by atoms with Gasteiger partial charge in [0.05, 0.1) is 0 Å². The number of hydrogen-bond donors (Lipinski definition) is 0. The molecule has 0 amide bonds. The van der Waals surface area contributed by atoms with Gasteiger partial charge in [-0.25, -0.2) is 19.2 Å². The summed E-state index contributed by atoms with van der Waals surface area (Å²) in [5.74, 6) is 0.168. The lowest BCUT2D eigenvalue weighted by Gasteiger charge is -2.18. The topological polar surface area (TPSA) is 52.1 Å². The van der Waals surface area contributed by atoms with Crippen LogP contribution in [0.4, 0.5) is 4.39 Å². The number of aryl methyl sites for hydroxylation is 1. The molecule has 1 heterocycles. The SMILES string of the molecule is CCCCCCCCCc1ccc(-c2ncc(-c3ccc(OC(=O)C(C)(F)CCCCC)cc3)cn2)cc1. The monoisotopic (exact) mass is 518 g/mol. The van der Waals surface area contributed by atoms with Gasteiger partial charge in [0.1, 0.15) is 5.75 Å². The molecule has 0 spiro atoms. The molecule has 0 aliphatic rings. The van der Waals surface area contributed by atoms with Crippen molar-refractivity contribution in [2.24, 2.45) is 0 Å². The van der Waals surface area contributed by atoms with Gasteiger partial charge in [0, 0.05) is 23.5 Å². The Balaban J connectivity index is 1.50. The highest BCUT2D eigenvalue weighted by molar-refractivity contribution is 5.81. The second-order valence-corrected chi connectivity index (χ2v) is 10.4. The maximum atomic E-state index is 14.7. The normalized spacial score (nSPS) is 12.7. The lowest BCUT2D eigenvalue weighted by Crippen LogP contribution is -2.34. The number of ether oxygens (including phenoxy) is 1. The molecule has 1 aromatic heterocycles. The number of hydrogen-bond acceptors (Lipinski definition) is 4. The van der Waals surface area contributed by atoms with Gasteiger partial charge < -0.3 is 4.74 Å². The molecule has 3 aromatic rings. The minimum Gasteiger partial charge on any atom is -0.424 e. The first-order chi connectivity index (χ1) is 18.4. The Bertz CT molecular complexity index is 1090. The first-order valence-corrected chi connectivity index (χ1v) is 14.4. The molecule has 1 unspecified atom stereocenters. The van der Waals surface area contributed by atoms with Crippen molar-refractivity contribution < 1.29 is 13.9 Å². The third kappa shape index (κ3) is 9.34. The number of nitrogens with zero attached hydrogens (tertiary/aromatic N) is 2. The fraction of sp³-hybridized carbons (Fsp3) is 0.485. The fourth-order valence-electron chi connectivity index (χ4n) is 4.47. The van der Waals surface area contributed by atoms with Crippen LogP contribution in [0.5, 0.6) is 5.75 Å². The summed E-state index contributed by atoms with van der Waals surface area (Å²) < 4.78 is 20.0. The molecule has 0 aliphatic heterocycles. The molecule has 0 radical (unpaired) electrons. The second kappa shape index (κ2) is 15.4. The molecular weight excluding hydrogens is 475 g/mol.